The Morgan fingerprint density at radius 3 is 2.96 bits per heavy atom. The Hall–Kier alpha value is -2.38. The second-order valence-corrected chi connectivity index (χ2v) is 6.51. The average Bonchev–Trinajstić information content (AvgIpc) is 3.29. The van der Waals surface area contributed by atoms with Gasteiger partial charge in [0.25, 0.3) is 11.1 Å². The highest BCUT2D eigenvalue weighted by molar-refractivity contribution is 7.98. The number of aromatic nitrogens is 2. The normalized spacial score (nSPS) is 12.4. The largest absolute Gasteiger partial charge is 0.496 e. The summed E-state index contributed by atoms with van der Waals surface area (Å²) in [5.74, 6) is 2.97. The third kappa shape index (κ3) is 3.25. The van der Waals surface area contributed by atoms with E-state index in [1.54, 1.807) is 7.11 Å². The predicted octanol–water partition coefficient (Wildman–Crippen LogP) is 4.42. The molecule has 25 heavy (non-hydrogen) atoms. The van der Waals surface area contributed by atoms with Crippen LogP contribution in [0.3, 0.4) is 0 Å². The summed E-state index contributed by atoms with van der Waals surface area (Å²) < 4.78 is 21.7. The summed E-state index contributed by atoms with van der Waals surface area (Å²) in [7, 11) is 1.61. The summed E-state index contributed by atoms with van der Waals surface area (Å²) in [4.78, 5) is 0. The zero-order valence-corrected chi connectivity index (χ0v) is 14.8. The zero-order valence-electron chi connectivity index (χ0n) is 13.2. The highest BCUT2D eigenvalue weighted by Crippen LogP contribution is 2.41. The lowest BCUT2D eigenvalue weighted by molar-refractivity contribution is 0.174. The molecular formula is C17H13ClN2O4S. The Balaban J connectivity index is 1.50. The van der Waals surface area contributed by atoms with Gasteiger partial charge in [0, 0.05) is 5.75 Å². The van der Waals surface area contributed by atoms with Gasteiger partial charge in [0.2, 0.25) is 6.79 Å². The topological polar surface area (TPSA) is 66.6 Å². The van der Waals surface area contributed by atoms with Crippen LogP contribution in [0.4, 0.5) is 0 Å². The van der Waals surface area contributed by atoms with Gasteiger partial charge in [-0.2, -0.15) is 0 Å². The number of benzene rings is 2. The van der Waals surface area contributed by atoms with Crippen molar-refractivity contribution in [1.82, 2.24) is 10.2 Å². The number of hydrogen-bond acceptors (Lipinski definition) is 7. The molecule has 0 saturated carbocycles. The molecule has 1 aliphatic rings. The number of thioether (sulfide) groups is 1. The Morgan fingerprint density at radius 2 is 2.08 bits per heavy atom. The van der Waals surface area contributed by atoms with E-state index in [1.807, 2.05) is 36.4 Å². The standard InChI is InChI=1S/C17H13ClN2O4S/c1-21-13-5-3-2-4-11(13)16-19-20-17(24-16)25-8-10-6-12(18)15-14(7-10)22-9-23-15/h2-7H,8-9H2,1H3. The maximum absolute atomic E-state index is 6.19. The molecule has 2 aromatic carbocycles. The van der Waals surface area contributed by atoms with Crippen LogP contribution in [-0.2, 0) is 5.75 Å². The van der Waals surface area contributed by atoms with E-state index in [9.17, 15) is 0 Å². The van der Waals surface area contributed by atoms with Crippen LogP contribution >= 0.6 is 23.4 Å². The number of halogens is 1. The summed E-state index contributed by atoms with van der Waals surface area (Å²) in [6, 6.07) is 11.2. The van der Waals surface area contributed by atoms with Crippen LogP contribution in [0.5, 0.6) is 17.2 Å². The molecule has 0 spiro atoms. The molecule has 0 aliphatic carbocycles. The Morgan fingerprint density at radius 1 is 1.20 bits per heavy atom. The Bertz CT molecular complexity index is 915. The van der Waals surface area contributed by atoms with Gasteiger partial charge >= 0.3 is 0 Å². The molecule has 0 amide bonds. The molecule has 0 saturated heterocycles. The first-order valence-corrected chi connectivity index (χ1v) is 8.78. The summed E-state index contributed by atoms with van der Waals surface area (Å²) >= 11 is 7.62. The van der Waals surface area contributed by atoms with Crippen LogP contribution in [0.1, 0.15) is 5.56 Å². The first-order valence-electron chi connectivity index (χ1n) is 7.42. The van der Waals surface area contributed by atoms with Crippen LogP contribution in [0, 0.1) is 0 Å². The van der Waals surface area contributed by atoms with E-state index >= 15 is 0 Å². The maximum Gasteiger partial charge on any atom is 0.277 e. The van der Waals surface area contributed by atoms with E-state index < -0.39 is 0 Å². The second kappa shape index (κ2) is 6.85. The lowest BCUT2D eigenvalue weighted by Crippen LogP contribution is -1.93. The van der Waals surface area contributed by atoms with Crippen molar-refractivity contribution in [1.29, 1.82) is 0 Å². The van der Waals surface area contributed by atoms with Gasteiger partial charge in [-0.05, 0) is 29.8 Å². The van der Waals surface area contributed by atoms with E-state index in [-0.39, 0.29) is 6.79 Å². The number of methoxy groups -OCH3 is 1. The Labute approximate surface area is 153 Å². The summed E-state index contributed by atoms with van der Waals surface area (Å²) in [6.07, 6.45) is 0. The molecule has 0 atom stereocenters. The molecule has 4 rings (SSSR count). The van der Waals surface area contributed by atoms with Gasteiger partial charge in [-0.1, -0.05) is 35.5 Å². The SMILES string of the molecule is COc1ccccc1-c1nnc(SCc2cc(Cl)c3c(c2)OCO3)o1. The van der Waals surface area contributed by atoms with Gasteiger partial charge in [0.05, 0.1) is 17.7 Å². The fourth-order valence-electron chi connectivity index (χ4n) is 2.45. The second-order valence-electron chi connectivity index (χ2n) is 5.17. The fourth-order valence-corrected chi connectivity index (χ4v) is 3.43. The number of ether oxygens (including phenoxy) is 3. The van der Waals surface area contributed by atoms with Crippen molar-refractivity contribution < 1.29 is 18.6 Å². The molecule has 1 aromatic heterocycles. The van der Waals surface area contributed by atoms with Gasteiger partial charge < -0.3 is 18.6 Å². The smallest absolute Gasteiger partial charge is 0.277 e. The molecule has 0 unspecified atom stereocenters. The molecule has 2 heterocycles. The molecule has 1 aliphatic heterocycles. The molecule has 0 fully saturated rings. The van der Waals surface area contributed by atoms with E-state index in [0.29, 0.717) is 39.1 Å². The van der Waals surface area contributed by atoms with Crippen molar-refractivity contribution in [2.45, 2.75) is 11.0 Å². The quantitative estimate of drug-likeness (QED) is 0.610. The molecule has 3 aromatic rings. The van der Waals surface area contributed by atoms with Crippen molar-refractivity contribution >= 4 is 23.4 Å². The van der Waals surface area contributed by atoms with Crippen LogP contribution < -0.4 is 14.2 Å². The van der Waals surface area contributed by atoms with E-state index in [2.05, 4.69) is 10.2 Å². The minimum Gasteiger partial charge on any atom is -0.496 e. The molecule has 0 N–H and O–H groups in total. The van der Waals surface area contributed by atoms with Crippen LogP contribution in [-0.4, -0.2) is 24.1 Å². The minimum absolute atomic E-state index is 0.192. The molecular weight excluding hydrogens is 364 g/mol. The average molecular weight is 377 g/mol. The van der Waals surface area contributed by atoms with E-state index in [1.165, 1.54) is 11.8 Å². The third-order valence-corrected chi connectivity index (χ3v) is 4.76. The molecule has 0 bridgehead atoms. The summed E-state index contributed by atoms with van der Waals surface area (Å²) in [6.45, 7) is 0.192. The fraction of sp³-hybridized carbons (Fsp3) is 0.176. The maximum atomic E-state index is 6.19. The van der Waals surface area contributed by atoms with Crippen molar-refractivity contribution in [2.75, 3.05) is 13.9 Å². The number of para-hydroxylation sites is 1. The molecule has 128 valence electrons. The van der Waals surface area contributed by atoms with Gasteiger partial charge in [0.1, 0.15) is 5.75 Å². The lowest BCUT2D eigenvalue weighted by atomic mass is 10.2. The van der Waals surface area contributed by atoms with Crippen molar-refractivity contribution in [3.63, 3.8) is 0 Å². The van der Waals surface area contributed by atoms with Gasteiger partial charge in [-0.3, -0.25) is 0 Å². The van der Waals surface area contributed by atoms with Crippen LogP contribution in [0.15, 0.2) is 46.0 Å². The first kappa shape index (κ1) is 16.1. The highest BCUT2D eigenvalue weighted by Gasteiger charge is 2.19. The van der Waals surface area contributed by atoms with Gasteiger partial charge in [-0.25, -0.2) is 0 Å². The van der Waals surface area contributed by atoms with Crippen molar-refractivity contribution in [3.8, 4) is 28.7 Å². The van der Waals surface area contributed by atoms with Gasteiger partial charge in [0.15, 0.2) is 11.5 Å². The molecule has 8 heteroatoms. The third-order valence-electron chi connectivity index (χ3n) is 3.59. The van der Waals surface area contributed by atoms with Crippen molar-refractivity contribution in [3.05, 3.63) is 47.0 Å². The zero-order chi connectivity index (χ0) is 17.2. The van der Waals surface area contributed by atoms with E-state index in [4.69, 9.17) is 30.2 Å². The summed E-state index contributed by atoms with van der Waals surface area (Å²) in [5, 5.41) is 9.17. The monoisotopic (exact) mass is 376 g/mol. The van der Waals surface area contributed by atoms with Crippen molar-refractivity contribution in [2.24, 2.45) is 0 Å². The lowest BCUT2D eigenvalue weighted by Gasteiger charge is -2.04. The van der Waals surface area contributed by atoms with Crippen LogP contribution in [0.25, 0.3) is 11.5 Å². The number of fused-ring (bicyclic) bond motifs is 1. The number of hydrogen-bond donors (Lipinski definition) is 0. The molecule has 0 radical (unpaired) electrons. The summed E-state index contributed by atoms with van der Waals surface area (Å²) in [5.41, 5.74) is 1.74. The predicted molar refractivity (Wildman–Crippen MR) is 93.4 cm³/mol. The number of nitrogens with zero attached hydrogens (tertiary/aromatic N) is 2. The van der Waals surface area contributed by atoms with E-state index in [0.717, 1.165) is 11.1 Å². The van der Waals surface area contributed by atoms with Gasteiger partial charge in [-0.15, -0.1) is 10.2 Å². The highest BCUT2D eigenvalue weighted by atomic mass is 35.5. The molecule has 6 nitrogen and oxygen atoms in total. The number of rotatable bonds is 5. The Kier molecular flexibility index (Phi) is 4.42. The first-order chi connectivity index (χ1) is 12.2. The van der Waals surface area contributed by atoms with Crippen LogP contribution in [0.2, 0.25) is 5.02 Å². The minimum atomic E-state index is 0.192.